The van der Waals surface area contributed by atoms with Gasteiger partial charge in [0.1, 0.15) is 5.82 Å². The number of H-pyrrole nitrogens is 1. The molecule has 0 aliphatic heterocycles. The summed E-state index contributed by atoms with van der Waals surface area (Å²) in [5.74, 6) is -0.384. The highest BCUT2D eigenvalue weighted by atomic mass is 19.1. The predicted octanol–water partition coefficient (Wildman–Crippen LogP) is 2.15. The van der Waals surface area contributed by atoms with Crippen molar-refractivity contribution in [2.75, 3.05) is 6.54 Å². The zero-order valence-electron chi connectivity index (χ0n) is 9.01. The second kappa shape index (κ2) is 4.06. The van der Waals surface area contributed by atoms with Crippen molar-refractivity contribution in [2.45, 2.75) is 13.3 Å². The van der Waals surface area contributed by atoms with E-state index in [1.807, 2.05) is 6.92 Å². The number of carbonyl (C=O) groups excluding carboxylic acids is 1. The molecule has 0 saturated carbocycles. The number of hydrogen-bond donors (Lipinski definition) is 2. The van der Waals surface area contributed by atoms with Crippen molar-refractivity contribution in [3.63, 3.8) is 0 Å². The zero-order valence-corrected chi connectivity index (χ0v) is 9.01. The molecule has 0 atom stereocenters. The molecule has 0 amide bonds. The van der Waals surface area contributed by atoms with Crippen LogP contribution in [0.2, 0.25) is 0 Å². The molecule has 1 aromatic carbocycles. The van der Waals surface area contributed by atoms with Gasteiger partial charge in [0, 0.05) is 28.6 Å². The number of hydrogen-bond acceptors (Lipinski definition) is 2. The average molecular weight is 220 g/mol. The molecule has 16 heavy (non-hydrogen) atoms. The van der Waals surface area contributed by atoms with Gasteiger partial charge < -0.3 is 10.7 Å². The lowest BCUT2D eigenvalue weighted by Crippen LogP contribution is -2.08. The third-order valence-electron chi connectivity index (χ3n) is 2.60. The van der Waals surface area contributed by atoms with Crippen molar-refractivity contribution in [1.29, 1.82) is 0 Å². The first-order chi connectivity index (χ1) is 7.63. The summed E-state index contributed by atoms with van der Waals surface area (Å²) in [7, 11) is 0. The minimum Gasteiger partial charge on any atom is -0.358 e. The molecule has 0 unspecified atom stereocenters. The minimum atomic E-state index is -0.340. The maximum atomic E-state index is 13.1. The largest absolute Gasteiger partial charge is 0.358 e. The Morgan fingerprint density at radius 3 is 2.94 bits per heavy atom. The third-order valence-corrected chi connectivity index (χ3v) is 2.60. The minimum absolute atomic E-state index is 0.0446. The van der Waals surface area contributed by atoms with Crippen LogP contribution in [0, 0.1) is 12.7 Å². The Kier molecular flexibility index (Phi) is 2.75. The summed E-state index contributed by atoms with van der Waals surface area (Å²) in [6.07, 6.45) is 0.282. The van der Waals surface area contributed by atoms with Gasteiger partial charge in [-0.15, -0.1) is 0 Å². The van der Waals surface area contributed by atoms with Crippen molar-refractivity contribution < 1.29 is 9.18 Å². The van der Waals surface area contributed by atoms with E-state index in [-0.39, 0.29) is 18.0 Å². The number of nitrogens with one attached hydrogen (secondary N) is 1. The molecule has 0 saturated heterocycles. The standard InChI is InChI=1S/C12H13FN2O/c1-7-12(11(16)4-5-14)9-6-8(13)2-3-10(9)15-7/h2-3,6,15H,4-5,14H2,1H3. The van der Waals surface area contributed by atoms with Crippen molar-refractivity contribution in [3.8, 4) is 0 Å². The molecule has 4 heteroatoms. The van der Waals surface area contributed by atoms with Gasteiger partial charge in [0.2, 0.25) is 0 Å². The number of aromatic amines is 1. The van der Waals surface area contributed by atoms with Gasteiger partial charge in [-0.25, -0.2) is 4.39 Å². The number of nitrogens with two attached hydrogens (primary N) is 1. The molecule has 0 spiro atoms. The lowest BCUT2D eigenvalue weighted by atomic mass is 10.0. The van der Waals surface area contributed by atoms with Crippen LogP contribution in [0.4, 0.5) is 4.39 Å². The molecule has 0 radical (unpaired) electrons. The predicted molar refractivity (Wildman–Crippen MR) is 61.0 cm³/mol. The molecule has 0 bridgehead atoms. The molecule has 84 valence electrons. The van der Waals surface area contributed by atoms with Crippen molar-refractivity contribution in [3.05, 3.63) is 35.3 Å². The van der Waals surface area contributed by atoms with Crippen LogP contribution >= 0.6 is 0 Å². The van der Waals surface area contributed by atoms with Crippen LogP contribution in [0.25, 0.3) is 10.9 Å². The van der Waals surface area contributed by atoms with Crippen LogP contribution in [-0.2, 0) is 0 Å². The molecule has 0 aliphatic rings. The number of ketones is 1. The Balaban J connectivity index is 2.62. The monoisotopic (exact) mass is 220 g/mol. The summed E-state index contributed by atoms with van der Waals surface area (Å²) in [6, 6.07) is 4.38. The van der Waals surface area contributed by atoms with E-state index < -0.39 is 0 Å². The normalized spacial score (nSPS) is 10.9. The quantitative estimate of drug-likeness (QED) is 0.778. The van der Waals surface area contributed by atoms with E-state index in [1.165, 1.54) is 12.1 Å². The first-order valence-electron chi connectivity index (χ1n) is 5.14. The maximum absolute atomic E-state index is 13.1. The van der Waals surface area contributed by atoms with Crippen molar-refractivity contribution in [2.24, 2.45) is 5.73 Å². The van der Waals surface area contributed by atoms with Crippen LogP contribution in [0.15, 0.2) is 18.2 Å². The van der Waals surface area contributed by atoms with Crippen LogP contribution in [0.1, 0.15) is 22.5 Å². The second-order valence-corrected chi connectivity index (χ2v) is 3.78. The van der Waals surface area contributed by atoms with E-state index in [0.717, 1.165) is 11.2 Å². The summed E-state index contributed by atoms with van der Waals surface area (Å²) < 4.78 is 13.1. The first-order valence-corrected chi connectivity index (χ1v) is 5.14. The number of halogens is 1. The molecule has 2 rings (SSSR count). The summed E-state index contributed by atoms with van der Waals surface area (Å²) in [6.45, 7) is 2.11. The molecular weight excluding hydrogens is 207 g/mol. The van der Waals surface area contributed by atoms with Crippen LogP contribution in [0.3, 0.4) is 0 Å². The van der Waals surface area contributed by atoms with E-state index in [2.05, 4.69) is 4.98 Å². The Morgan fingerprint density at radius 1 is 1.50 bits per heavy atom. The highest BCUT2D eigenvalue weighted by Crippen LogP contribution is 2.24. The Morgan fingerprint density at radius 2 is 2.25 bits per heavy atom. The number of carbonyl (C=O) groups is 1. The fourth-order valence-corrected chi connectivity index (χ4v) is 1.91. The highest BCUT2D eigenvalue weighted by Gasteiger charge is 2.15. The van der Waals surface area contributed by atoms with Gasteiger partial charge in [0.15, 0.2) is 5.78 Å². The molecule has 0 aliphatic carbocycles. The molecule has 1 aromatic heterocycles. The molecule has 1 heterocycles. The lowest BCUT2D eigenvalue weighted by Gasteiger charge is -1.99. The van der Waals surface area contributed by atoms with Gasteiger partial charge in [-0.3, -0.25) is 4.79 Å². The zero-order chi connectivity index (χ0) is 11.7. The van der Waals surface area contributed by atoms with Crippen LogP contribution in [-0.4, -0.2) is 17.3 Å². The van der Waals surface area contributed by atoms with E-state index >= 15 is 0 Å². The number of benzene rings is 1. The smallest absolute Gasteiger partial charge is 0.166 e. The fourth-order valence-electron chi connectivity index (χ4n) is 1.91. The summed E-state index contributed by atoms with van der Waals surface area (Å²) >= 11 is 0. The molecule has 3 nitrogen and oxygen atoms in total. The van der Waals surface area contributed by atoms with Gasteiger partial charge in [0.25, 0.3) is 0 Å². The topological polar surface area (TPSA) is 58.9 Å². The van der Waals surface area contributed by atoms with Crippen LogP contribution in [0.5, 0.6) is 0 Å². The van der Waals surface area contributed by atoms with Crippen LogP contribution < -0.4 is 5.73 Å². The second-order valence-electron chi connectivity index (χ2n) is 3.78. The molecular formula is C12H13FN2O. The lowest BCUT2D eigenvalue weighted by molar-refractivity contribution is 0.0986. The van der Waals surface area contributed by atoms with Gasteiger partial charge in [-0.2, -0.15) is 0 Å². The van der Waals surface area contributed by atoms with Crippen molar-refractivity contribution in [1.82, 2.24) is 4.98 Å². The van der Waals surface area contributed by atoms with Gasteiger partial charge >= 0.3 is 0 Å². The Hall–Kier alpha value is -1.68. The van der Waals surface area contributed by atoms with E-state index in [0.29, 0.717) is 17.5 Å². The fraction of sp³-hybridized carbons (Fsp3) is 0.250. The molecule has 2 aromatic rings. The highest BCUT2D eigenvalue weighted by molar-refractivity contribution is 6.09. The number of aromatic nitrogens is 1. The number of fused-ring (bicyclic) bond motifs is 1. The summed E-state index contributed by atoms with van der Waals surface area (Å²) in [4.78, 5) is 14.9. The number of Topliss-reactive ketones (excluding diaryl/α,β-unsaturated/α-hetero) is 1. The van der Waals surface area contributed by atoms with Gasteiger partial charge in [0.05, 0.1) is 0 Å². The summed E-state index contributed by atoms with van der Waals surface area (Å²) in [5.41, 5.74) is 7.45. The van der Waals surface area contributed by atoms with Crippen molar-refractivity contribution >= 4 is 16.7 Å². The molecule has 0 fully saturated rings. The third kappa shape index (κ3) is 1.72. The van der Waals surface area contributed by atoms with E-state index in [1.54, 1.807) is 6.07 Å². The van der Waals surface area contributed by atoms with Gasteiger partial charge in [-0.05, 0) is 31.7 Å². The Bertz CT molecular complexity index is 545. The maximum Gasteiger partial charge on any atom is 0.166 e. The average Bonchev–Trinajstić information content (AvgIpc) is 2.53. The number of aryl methyl sites for hydroxylation is 1. The van der Waals surface area contributed by atoms with E-state index in [4.69, 9.17) is 5.73 Å². The molecule has 3 N–H and O–H groups in total. The number of rotatable bonds is 3. The van der Waals surface area contributed by atoms with E-state index in [9.17, 15) is 9.18 Å². The summed E-state index contributed by atoms with van der Waals surface area (Å²) in [5, 5.41) is 0.635. The SMILES string of the molecule is Cc1[nH]c2ccc(F)cc2c1C(=O)CCN. The van der Waals surface area contributed by atoms with Gasteiger partial charge in [-0.1, -0.05) is 0 Å². The Labute approximate surface area is 92.4 Å². The first kappa shape index (κ1) is 10.8.